The number of hydrogen-bond acceptors (Lipinski definition) is 5. The molecule has 11 heteroatoms. The van der Waals surface area contributed by atoms with E-state index in [1.54, 1.807) is 7.11 Å². The maximum Gasteiger partial charge on any atom is 0.165 e. The molecule has 1 aromatic rings. The number of fused-ring (bicyclic) bond motifs is 2. The molecule has 3 saturated carbocycles. The number of nitrogens with one attached hydrogen (secondary N) is 1. The van der Waals surface area contributed by atoms with Gasteiger partial charge in [-0.05, 0) is 62.6 Å². The van der Waals surface area contributed by atoms with Crippen LogP contribution in [0.2, 0.25) is 0 Å². The summed E-state index contributed by atoms with van der Waals surface area (Å²) in [6.45, 7) is 9.48. The average molecular weight is 1630 g/mol. The van der Waals surface area contributed by atoms with Crippen molar-refractivity contribution in [1.29, 1.82) is 0 Å². The Morgan fingerprint density at radius 1 is 1.00 bits per heavy atom. The number of ether oxygens (including phenoxy) is 3. The van der Waals surface area contributed by atoms with Crippen molar-refractivity contribution < 1.29 is 175 Å². The Kier molecular flexibility index (Phi) is 15.0. The second-order valence-corrected chi connectivity index (χ2v) is 12.0. The molecule has 4 bridgehead atoms. The van der Waals surface area contributed by atoms with Crippen LogP contribution in [0.4, 0.5) is 0 Å². The Balaban J connectivity index is 0.00000216. The number of piperidine rings is 1. The van der Waals surface area contributed by atoms with Crippen LogP contribution in [-0.2, 0) is 16.6 Å². The molecule has 2 spiro atoms. The number of hydrogen-bond donors (Lipinski definition) is 2. The SMILES string of the molecule is COc1ccc2c3c1O[C@H]1[C@]4(OC)CC[C@@]5(C[C@@H]4[C@](C)(O)C(C)(C)C)[C@@H](C2)NCC[C@]315.[B].[U].[U].[U].[U].[U]. The number of rotatable bonds is 3. The van der Waals surface area contributed by atoms with Gasteiger partial charge < -0.3 is 24.6 Å². The molecule has 37 heavy (non-hydrogen) atoms. The molecule has 4 fully saturated rings. The molecule has 7 rings (SSSR count). The molecule has 2 N–H and O–H groups in total. The molecular weight excluding hydrogens is 1590 g/mol. The maximum atomic E-state index is 12.0. The van der Waals surface area contributed by atoms with Crippen LogP contribution < -0.4 is 14.8 Å². The molecule has 1 aromatic carbocycles. The third kappa shape index (κ3) is 5.05. The Labute approximate surface area is 343 Å². The van der Waals surface area contributed by atoms with Crippen molar-refractivity contribution in [2.24, 2.45) is 16.7 Å². The van der Waals surface area contributed by atoms with Crippen LogP contribution in [-0.4, -0.2) is 57.6 Å². The van der Waals surface area contributed by atoms with E-state index >= 15 is 0 Å². The largest absolute Gasteiger partial charge is 0.493 e. The first-order chi connectivity index (χ1) is 14.6. The fraction of sp³-hybridized carbons (Fsp3) is 0.769. The molecule has 3 radical (unpaired) electrons. The second-order valence-electron chi connectivity index (χ2n) is 12.0. The van der Waals surface area contributed by atoms with E-state index in [1.807, 2.05) is 14.0 Å². The Bertz CT molecular complexity index is 979. The predicted octanol–water partition coefficient (Wildman–Crippen LogP) is 3.21. The van der Waals surface area contributed by atoms with Gasteiger partial charge in [0.05, 0.1) is 12.7 Å². The van der Waals surface area contributed by atoms with Gasteiger partial charge in [-0.2, -0.15) is 0 Å². The van der Waals surface area contributed by atoms with E-state index in [0.717, 1.165) is 50.1 Å². The topological polar surface area (TPSA) is 60.0 Å². The second kappa shape index (κ2) is 13.6. The van der Waals surface area contributed by atoms with E-state index in [1.165, 1.54) is 11.1 Å². The van der Waals surface area contributed by atoms with Gasteiger partial charge in [0.2, 0.25) is 0 Å². The Hall–Kier alpha value is 4.02. The first-order valence-electron chi connectivity index (χ1n) is 12.0. The maximum absolute atomic E-state index is 12.0. The zero-order valence-corrected chi connectivity index (χ0v) is 43.7. The molecule has 1 saturated heterocycles. The van der Waals surface area contributed by atoms with E-state index in [-0.39, 0.29) is 192 Å². The summed E-state index contributed by atoms with van der Waals surface area (Å²) in [5.41, 5.74) is 1.13. The van der Waals surface area contributed by atoms with Crippen LogP contribution in [0.1, 0.15) is 64.5 Å². The van der Waals surface area contributed by atoms with Crippen LogP contribution in [0.25, 0.3) is 0 Å². The summed E-state index contributed by atoms with van der Waals surface area (Å²) in [6.07, 6.45) is 4.99. The number of aliphatic hydroxyl groups is 1. The van der Waals surface area contributed by atoms with E-state index in [2.05, 4.69) is 38.2 Å². The van der Waals surface area contributed by atoms with Gasteiger partial charge in [-0.25, -0.2) is 0 Å². The van der Waals surface area contributed by atoms with Crippen molar-refractivity contribution in [2.45, 2.75) is 88.6 Å². The van der Waals surface area contributed by atoms with Crippen LogP contribution in [0.3, 0.4) is 0 Å². The van der Waals surface area contributed by atoms with Gasteiger partial charge in [0, 0.05) is 199 Å². The molecule has 5 nitrogen and oxygen atoms in total. The predicted molar refractivity (Wildman–Crippen MR) is 125 cm³/mol. The summed E-state index contributed by atoms with van der Waals surface area (Å²) in [7, 11) is 3.57. The Morgan fingerprint density at radius 3 is 2.22 bits per heavy atom. The summed E-state index contributed by atoms with van der Waals surface area (Å²) >= 11 is 0. The normalized spacial score (nSPS) is 36.7. The number of benzene rings is 1. The third-order valence-electron chi connectivity index (χ3n) is 10.6. The van der Waals surface area contributed by atoms with E-state index in [4.69, 9.17) is 14.2 Å². The zero-order valence-electron chi connectivity index (χ0n) is 22.9. The molecule has 2 aliphatic heterocycles. The van der Waals surface area contributed by atoms with Crippen molar-refractivity contribution in [3.63, 3.8) is 0 Å². The molecule has 6 aliphatic rings. The van der Waals surface area contributed by atoms with Crippen molar-refractivity contribution in [2.75, 3.05) is 20.8 Å². The van der Waals surface area contributed by atoms with Crippen molar-refractivity contribution >= 4 is 8.41 Å². The quantitative estimate of drug-likeness (QED) is 0.457. The molecule has 0 unspecified atom stereocenters. The molecule has 193 valence electrons. The summed E-state index contributed by atoms with van der Waals surface area (Å²) < 4.78 is 19.3. The minimum atomic E-state index is -0.880. The summed E-state index contributed by atoms with van der Waals surface area (Å²) in [5.74, 6) is 1.77. The smallest absolute Gasteiger partial charge is 0.165 e. The zero-order chi connectivity index (χ0) is 22.0. The van der Waals surface area contributed by atoms with Crippen molar-refractivity contribution in [3.8, 4) is 11.5 Å². The monoisotopic (exact) mass is 1630 g/mol. The minimum Gasteiger partial charge on any atom is -0.493 e. The van der Waals surface area contributed by atoms with Gasteiger partial charge in [-0.15, -0.1) is 0 Å². The molecule has 0 aromatic heterocycles. The molecule has 0 amide bonds. The average Bonchev–Trinajstić information content (AvgIpc) is 3.09. The van der Waals surface area contributed by atoms with E-state index < -0.39 is 11.2 Å². The third-order valence-corrected chi connectivity index (χ3v) is 10.6. The minimum absolute atomic E-state index is 0. The van der Waals surface area contributed by atoms with Crippen LogP contribution in [0.5, 0.6) is 11.5 Å². The van der Waals surface area contributed by atoms with Gasteiger partial charge in [0.1, 0.15) is 11.7 Å². The molecule has 7 atom stereocenters. The van der Waals surface area contributed by atoms with E-state index in [9.17, 15) is 5.11 Å². The van der Waals surface area contributed by atoms with Crippen molar-refractivity contribution in [3.05, 3.63) is 23.3 Å². The molecular formula is C26H37BNO4U5. The van der Waals surface area contributed by atoms with Gasteiger partial charge in [-0.3, -0.25) is 0 Å². The van der Waals surface area contributed by atoms with Crippen LogP contribution >= 0.6 is 0 Å². The summed E-state index contributed by atoms with van der Waals surface area (Å²) in [6, 6.07) is 4.73. The van der Waals surface area contributed by atoms with E-state index in [0.29, 0.717) is 6.04 Å². The van der Waals surface area contributed by atoms with Crippen molar-refractivity contribution in [1.82, 2.24) is 5.32 Å². The van der Waals surface area contributed by atoms with Gasteiger partial charge in [-0.1, -0.05) is 26.8 Å². The first kappa shape index (κ1) is 41.0. The van der Waals surface area contributed by atoms with Gasteiger partial charge >= 0.3 is 0 Å². The number of methoxy groups -OCH3 is 2. The van der Waals surface area contributed by atoms with Gasteiger partial charge in [0.25, 0.3) is 0 Å². The molecule has 4 aliphatic carbocycles. The van der Waals surface area contributed by atoms with Gasteiger partial charge in [0.15, 0.2) is 11.5 Å². The van der Waals surface area contributed by atoms with Crippen LogP contribution in [0.15, 0.2) is 12.1 Å². The summed E-state index contributed by atoms with van der Waals surface area (Å²) in [4.78, 5) is 0. The fourth-order valence-electron chi connectivity index (χ4n) is 8.68. The molecule has 2 heterocycles. The van der Waals surface area contributed by atoms with Crippen LogP contribution in [0, 0.1) is 172 Å². The standard InChI is InChI=1S/C26H37NO4.B.5U/c1-22(2,3)23(4,28)17-14-24-9-10-26(17,30-6)21-25(24)11-12-27-18(24)13-15-7-8-16(29-5)20(31-21)19(15)25;;;;;;/h7-8,17-18,21,27-28H,9-14H2,1-6H3;;;;;;/t17-,18-,21-,23+,24-,25+,26+;;;;;;/m1....../s1. The first-order valence-corrected chi connectivity index (χ1v) is 12.0. The fourth-order valence-corrected chi connectivity index (χ4v) is 8.68. The Morgan fingerprint density at radius 2 is 1.65 bits per heavy atom. The summed E-state index contributed by atoms with van der Waals surface area (Å²) in [5, 5.41) is 15.9.